The number of nitrogens with zero attached hydrogens (tertiary/aromatic N) is 1. The molecule has 0 aromatic carbocycles. The largest absolute Gasteiger partial charge is 0.588 e. The van der Waals surface area contributed by atoms with Crippen LogP contribution in [-0.2, 0) is 13.6 Å². The molecule has 0 N–H and O–H groups in total. The van der Waals surface area contributed by atoms with Gasteiger partial charge in [-0.3, -0.25) is 4.52 Å². The molecule has 0 bridgehead atoms. The van der Waals surface area contributed by atoms with Gasteiger partial charge in [-0.15, -0.1) is 0 Å². The monoisotopic (exact) mass is 301 g/mol. The summed E-state index contributed by atoms with van der Waals surface area (Å²) in [6, 6.07) is 1.43. The lowest BCUT2D eigenvalue weighted by Crippen LogP contribution is -1.99. The van der Waals surface area contributed by atoms with Crippen LogP contribution in [0.4, 0.5) is 0 Å². The fourth-order valence-electron chi connectivity index (χ4n) is 0.842. The predicted molar refractivity (Wildman–Crippen MR) is 62.0 cm³/mol. The van der Waals surface area contributed by atoms with Gasteiger partial charge in [0.25, 0.3) is 5.88 Å². The molecule has 0 fully saturated rings. The Bertz CT molecular complexity index is 443. The number of aromatic nitrogens is 1. The van der Waals surface area contributed by atoms with Crippen LogP contribution < -0.4 is 4.52 Å². The first-order valence-electron chi connectivity index (χ1n) is 4.52. The van der Waals surface area contributed by atoms with Crippen LogP contribution >= 0.6 is 31.0 Å². The minimum absolute atomic E-state index is 0.0154. The minimum Gasteiger partial charge on any atom is -0.400 e. The van der Waals surface area contributed by atoms with Crippen molar-refractivity contribution >= 4 is 31.0 Å². The van der Waals surface area contributed by atoms with E-state index in [0.717, 1.165) is 6.26 Å². The lowest BCUT2D eigenvalue weighted by molar-refractivity contribution is 0.197. The van der Waals surface area contributed by atoms with E-state index in [2.05, 4.69) is 5.16 Å². The molecule has 0 aliphatic rings. The molecule has 0 radical (unpaired) electrons. The number of phosphoric acid groups is 1. The van der Waals surface area contributed by atoms with Crippen LogP contribution in [0.1, 0.15) is 12.7 Å². The Morgan fingerprint density at radius 2 is 2.35 bits per heavy atom. The molecule has 0 aliphatic carbocycles. The molecule has 1 unspecified atom stereocenters. The Kier molecular flexibility index (Phi) is 5.33. The molecule has 0 aliphatic heterocycles. The highest BCUT2D eigenvalue weighted by atomic mass is 35.5. The van der Waals surface area contributed by atoms with Gasteiger partial charge >= 0.3 is 7.82 Å². The Labute approximate surface area is 108 Å². The van der Waals surface area contributed by atoms with Gasteiger partial charge in [-0.25, -0.2) is 4.57 Å². The summed E-state index contributed by atoms with van der Waals surface area (Å²) in [7, 11) is -3.85. The first kappa shape index (κ1) is 14.4. The molecule has 1 atom stereocenters. The fraction of sp³-hybridized carbons (Fsp3) is 0.375. The molecule has 17 heavy (non-hydrogen) atoms. The molecule has 0 spiro atoms. The molecular weight excluding hydrogens is 292 g/mol. The third-order valence-corrected chi connectivity index (χ3v) is 2.90. The number of hydrogen-bond donors (Lipinski definition) is 0. The van der Waals surface area contributed by atoms with Crippen LogP contribution in [-0.4, -0.2) is 11.8 Å². The van der Waals surface area contributed by atoms with Crippen LogP contribution in [0.25, 0.3) is 0 Å². The molecular formula is C8H10Cl2NO5P. The summed E-state index contributed by atoms with van der Waals surface area (Å²) in [5.41, 5.74) is 0. The first-order chi connectivity index (χ1) is 7.95. The van der Waals surface area contributed by atoms with Crippen molar-refractivity contribution in [3.63, 3.8) is 0 Å². The van der Waals surface area contributed by atoms with Crippen molar-refractivity contribution in [2.45, 2.75) is 13.8 Å². The Balaban J connectivity index is 2.77. The van der Waals surface area contributed by atoms with E-state index in [-0.39, 0.29) is 17.0 Å². The quantitative estimate of drug-likeness (QED) is 0.588. The number of aryl methyl sites for hydroxylation is 1. The molecule has 96 valence electrons. The summed E-state index contributed by atoms with van der Waals surface area (Å²) in [5, 5.41) is 3.49. The van der Waals surface area contributed by atoms with E-state index < -0.39 is 7.82 Å². The van der Waals surface area contributed by atoms with Gasteiger partial charge in [0.1, 0.15) is 16.5 Å². The second kappa shape index (κ2) is 6.31. The summed E-state index contributed by atoms with van der Waals surface area (Å²) >= 11 is 10.7. The van der Waals surface area contributed by atoms with Crippen LogP contribution in [0.15, 0.2) is 21.3 Å². The molecule has 0 saturated heterocycles. The van der Waals surface area contributed by atoms with Crippen molar-refractivity contribution in [3.8, 4) is 5.88 Å². The van der Waals surface area contributed by atoms with Gasteiger partial charge in [0.2, 0.25) is 0 Å². The number of hydrogen-bond acceptors (Lipinski definition) is 6. The SMILES string of the molecule is CCOP(=O)(OC=C(Cl)Cl)Oc1cc(C)on1. The van der Waals surface area contributed by atoms with E-state index >= 15 is 0 Å². The molecule has 9 heteroatoms. The highest BCUT2D eigenvalue weighted by Gasteiger charge is 2.30. The van der Waals surface area contributed by atoms with Crippen molar-refractivity contribution in [2.24, 2.45) is 0 Å². The van der Waals surface area contributed by atoms with E-state index in [1.165, 1.54) is 6.07 Å². The zero-order valence-electron chi connectivity index (χ0n) is 9.05. The van der Waals surface area contributed by atoms with E-state index in [4.69, 9.17) is 41.3 Å². The molecule has 1 heterocycles. The lowest BCUT2D eigenvalue weighted by Gasteiger charge is -2.13. The van der Waals surface area contributed by atoms with Crippen molar-refractivity contribution in [1.29, 1.82) is 0 Å². The van der Waals surface area contributed by atoms with Crippen molar-refractivity contribution in [1.82, 2.24) is 5.16 Å². The summed E-state index contributed by atoms with van der Waals surface area (Å²) in [5.74, 6) is 0.479. The van der Waals surface area contributed by atoms with Crippen LogP contribution in [0, 0.1) is 6.92 Å². The summed E-state index contributed by atoms with van der Waals surface area (Å²) in [4.78, 5) is 0. The number of rotatable bonds is 6. The maximum atomic E-state index is 12.0. The van der Waals surface area contributed by atoms with E-state index in [1.54, 1.807) is 13.8 Å². The van der Waals surface area contributed by atoms with Crippen LogP contribution in [0.5, 0.6) is 5.88 Å². The number of phosphoric ester groups is 1. The van der Waals surface area contributed by atoms with Gasteiger partial charge in [0.05, 0.1) is 6.61 Å². The van der Waals surface area contributed by atoms with Gasteiger partial charge in [-0.05, 0) is 19.0 Å². The normalized spacial score (nSPS) is 13.9. The second-order valence-electron chi connectivity index (χ2n) is 2.74. The third-order valence-electron chi connectivity index (χ3n) is 1.37. The number of halogens is 2. The minimum atomic E-state index is -3.85. The second-order valence-corrected chi connectivity index (χ2v) is 5.30. The Morgan fingerprint density at radius 1 is 1.65 bits per heavy atom. The van der Waals surface area contributed by atoms with Crippen molar-refractivity contribution in [2.75, 3.05) is 6.61 Å². The average molecular weight is 302 g/mol. The summed E-state index contributed by atoms with van der Waals surface area (Å²) in [6.07, 6.45) is 0.854. The third kappa shape index (κ3) is 5.00. The van der Waals surface area contributed by atoms with E-state index in [0.29, 0.717) is 5.76 Å². The van der Waals surface area contributed by atoms with Gasteiger partial charge < -0.3 is 13.6 Å². The molecule has 0 amide bonds. The van der Waals surface area contributed by atoms with Crippen LogP contribution in [0.3, 0.4) is 0 Å². The van der Waals surface area contributed by atoms with Gasteiger partial charge in [0, 0.05) is 6.07 Å². The average Bonchev–Trinajstić information content (AvgIpc) is 2.61. The van der Waals surface area contributed by atoms with Gasteiger partial charge in [-0.1, -0.05) is 23.2 Å². The maximum absolute atomic E-state index is 12.0. The van der Waals surface area contributed by atoms with Crippen molar-refractivity contribution < 1.29 is 22.7 Å². The summed E-state index contributed by atoms with van der Waals surface area (Å²) < 4.78 is 31.1. The highest BCUT2D eigenvalue weighted by Crippen LogP contribution is 2.49. The molecule has 1 aromatic heterocycles. The fourth-order valence-corrected chi connectivity index (χ4v) is 2.08. The molecule has 0 saturated carbocycles. The van der Waals surface area contributed by atoms with Crippen LogP contribution in [0.2, 0.25) is 0 Å². The Morgan fingerprint density at radius 3 is 2.82 bits per heavy atom. The van der Waals surface area contributed by atoms with E-state index in [9.17, 15) is 4.57 Å². The van der Waals surface area contributed by atoms with Crippen molar-refractivity contribution in [3.05, 3.63) is 22.6 Å². The summed E-state index contributed by atoms with van der Waals surface area (Å²) in [6.45, 7) is 3.39. The lowest BCUT2D eigenvalue weighted by atomic mass is 10.5. The zero-order valence-corrected chi connectivity index (χ0v) is 11.5. The molecule has 1 rings (SSSR count). The first-order valence-corrected chi connectivity index (χ1v) is 6.74. The van der Waals surface area contributed by atoms with E-state index in [1.807, 2.05) is 0 Å². The smallest absolute Gasteiger partial charge is 0.400 e. The highest BCUT2D eigenvalue weighted by molar-refractivity contribution is 7.49. The molecule has 6 nitrogen and oxygen atoms in total. The molecule has 1 aromatic rings. The van der Waals surface area contributed by atoms with Gasteiger partial charge in [0.15, 0.2) is 0 Å². The van der Waals surface area contributed by atoms with Gasteiger partial charge in [-0.2, -0.15) is 0 Å². The topological polar surface area (TPSA) is 70.8 Å². The zero-order chi connectivity index (χ0) is 12.9. The predicted octanol–water partition coefficient (Wildman–Crippen LogP) is 3.80. The standard InChI is InChI=1S/C8H10Cl2NO5P/c1-3-13-17(12,14-5-7(9)10)16-8-4-6(2)15-11-8/h4-5H,3H2,1-2H3. The Hall–Kier alpha value is -0.680. The maximum Gasteiger partial charge on any atom is 0.588 e.